The summed E-state index contributed by atoms with van der Waals surface area (Å²) in [5.74, 6) is -0.884. The summed E-state index contributed by atoms with van der Waals surface area (Å²) < 4.78 is 31.0. The maximum Gasteiger partial charge on any atom is 0.253 e. The number of ether oxygens (including phenoxy) is 1. The Morgan fingerprint density at radius 3 is 2.48 bits per heavy atom. The molecule has 0 saturated carbocycles. The van der Waals surface area contributed by atoms with Crippen LogP contribution in [-0.2, 0) is 19.6 Å². The van der Waals surface area contributed by atoms with Crippen molar-refractivity contribution in [2.24, 2.45) is 0 Å². The standard InChI is InChI=1S/C22H29N3O5S/c1-16-9-7-10-18(15-16)25(31(4,28)29)17(2)21(26)24-20-12-6-5-11-19(20)22(27)23-13-8-14-30-3/h5-7,9-12,15,17H,8,13-14H2,1-4H3,(H,23,27)(H,24,26)/t17-/m1/s1. The molecule has 0 aromatic heterocycles. The smallest absolute Gasteiger partial charge is 0.253 e. The molecule has 1 atom stereocenters. The number of sulfonamides is 1. The fraction of sp³-hybridized carbons (Fsp3) is 0.364. The van der Waals surface area contributed by atoms with Gasteiger partial charge in [0.25, 0.3) is 5.91 Å². The van der Waals surface area contributed by atoms with Gasteiger partial charge >= 0.3 is 0 Å². The molecule has 168 valence electrons. The molecule has 0 unspecified atom stereocenters. The maximum absolute atomic E-state index is 13.0. The van der Waals surface area contributed by atoms with Crippen molar-refractivity contribution < 1.29 is 22.7 Å². The number of benzene rings is 2. The highest BCUT2D eigenvalue weighted by atomic mass is 32.2. The van der Waals surface area contributed by atoms with E-state index in [1.807, 2.05) is 13.0 Å². The molecule has 9 heteroatoms. The highest BCUT2D eigenvalue weighted by molar-refractivity contribution is 7.92. The molecule has 8 nitrogen and oxygen atoms in total. The fourth-order valence-corrected chi connectivity index (χ4v) is 4.28. The second-order valence-corrected chi connectivity index (χ2v) is 9.07. The number of hydrogen-bond donors (Lipinski definition) is 2. The van der Waals surface area contributed by atoms with Crippen molar-refractivity contribution in [2.75, 3.05) is 36.1 Å². The highest BCUT2D eigenvalue weighted by Gasteiger charge is 2.29. The van der Waals surface area contributed by atoms with Crippen LogP contribution in [0.25, 0.3) is 0 Å². The molecule has 0 radical (unpaired) electrons. The molecule has 0 saturated heterocycles. The van der Waals surface area contributed by atoms with Crippen LogP contribution in [0, 0.1) is 6.92 Å². The van der Waals surface area contributed by atoms with Gasteiger partial charge in [-0.05, 0) is 50.1 Å². The molecule has 0 fully saturated rings. The Balaban J connectivity index is 2.23. The Hall–Kier alpha value is -2.91. The van der Waals surface area contributed by atoms with Crippen molar-refractivity contribution in [3.05, 3.63) is 59.7 Å². The summed E-state index contributed by atoms with van der Waals surface area (Å²) in [6.45, 7) is 4.30. The van der Waals surface area contributed by atoms with Crippen LogP contribution >= 0.6 is 0 Å². The lowest BCUT2D eigenvalue weighted by atomic mass is 10.1. The number of methoxy groups -OCH3 is 1. The molecule has 0 aliphatic heterocycles. The maximum atomic E-state index is 13.0. The first kappa shape index (κ1) is 24.4. The van der Waals surface area contributed by atoms with Crippen LogP contribution < -0.4 is 14.9 Å². The lowest BCUT2D eigenvalue weighted by molar-refractivity contribution is -0.116. The Kier molecular flexibility index (Phi) is 8.58. The average Bonchev–Trinajstić information content (AvgIpc) is 2.70. The highest BCUT2D eigenvalue weighted by Crippen LogP contribution is 2.23. The lowest BCUT2D eigenvalue weighted by Crippen LogP contribution is -2.45. The number of amides is 2. The zero-order valence-corrected chi connectivity index (χ0v) is 19.0. The first-order valence-corrected chi connectivity index (χ1v) is 11.7. The van der Waals surface area contributed by atoms with Crippen LogP contribution in [0.4, 0.5) is 11.4 Å². The molecule has 2 amide bonds. The topological polar surface area (TPSA) is 105 Å². The predicted octanol–water partition coefficient (Wildman–Crippen LogP) is 2.55. The first-order valence-electron chi connectivity index (χ1n) is 9.88. The normalized spacial score (nSPS) is 12.1. The lowest BCUT2D eigenvalue weighted by Gasteiger charge is -2.28. The molecule has 2 rings (SSSR count). The monoisotopic (exact) mass is 447 g/mol. The van der Waals surface area contributed by atoms with Gasteiger partial charge in [-0.25, -0.2) is 8.42 Å². The number of carbonyl (C=O) groups is 2. The van der Waals surface area contributed by atoms with Gasteiger partial charge in [0, 0.05) is 20.3 Å². The SMILES string of the molecule is COCCCNC(=O)c1ccccc1NC(=O)[C@@H](C)N(c1cccc(C)c1)S(C)(=O)=O. The fourth-order valence-electron chi connectivity index (χ4n) is 3.11. The van der Waals surface area contributed by atoms with Gasteiger partial charge in [0.1, 0.15) is 6.04 Å². The van der Waals surface area contributed by atoms with E-state index in [0.29, 0.717) is 36.5 Å². The zero-order chi connectivity index (χ0) is 23.0. The van der Waals surface area contributed by atoms with Gasteiger partial charge in [-0.2, -0.15) is 0 Å². The minimum atomic E-state index is -3.73. The van der Waals surface area contributed by atoms with E-state index in [1.54, 1.807) is 49.6 Å². The van der Waals surface area contributed by atoms with Crippen LogP contribution in [0.5, 0.6) is 0 Å². The quantitative estimate of drug-likeness (QED) is 0.545. The molecule has 2 aromatic rings. The molecule has 2 N–H and O–H groups in total. The number of anilines is 2. The minimum absolute atomic E-state index is 0.293. The number of para-hydroxylation sites is 1. The molecule has 2 aromatic carbocycles. The van der Waals surface area contributed by atoms with Gasteiger partial charge in [-0.1, -0.05) is 24.3 Å². The van der Waals surface area contributed by atoms with Crippen LogP contribution in [0.15, 0.2) is 48.5 Å². The minimum Gasteiger partial charge on any atom is -0.385 e. The number of rotatable bonds is 10. The van der Waals surface area contributed by atoms with E-state index in [4.69, 9.17) is 4.74 Å². The Bertz CT molecular complexity index is 1020. The third-order valence-electron chi connectivity index (χ3n) is 4.58. The van der Waals surface area contributed by atoms with E-state index in [9.17, 15) is 18.0 Å². The predicted molar refractivity (Wildman–Crippen MR) is 122 cm³/mol. The number of carbonyl (C=O) groups excluding carboxylic acids is 2. The van der Waals surface area contributed by atoms with E-state index >= 15 is 0 Å². The van der Waals surface area contributed by atoms with Crippen molar-refractivity contribution in [1.29, 1.82) is 0 Å². The molecule has 0 aliphatic carbocycles. The molecular weight excluding hydrogens is 418 g/mol. The Morgan fingerprint density at radius 1 is 1.13 bits per heavy atom. The van der Waals surface area contributed by atoms with Crippen molar-refractivity contribution in [3.8, 4) is 0 Å². The molecule has 0 heterocycles. The number of hydrogen-bond acceptors (Lipinski definition) is 5. The summed E-state index contributed by atoms with van der Waals surface area (Å²) in [7, 11) is -2.15. The van der Waals surface area contributed by atoms with Crippen LogP contribution in [0.2, 0.25) is 0 Å². The third kappa shape index (κ3) is 6.80. The van der Waals surface area contributed by atoms with Crippen molar-refractivity contribution in [1.82, 2.24) is 5.32 Å². The van der Waals surface area contributed by atoms with Crippen LogP contribution in [0.3, 0.4) is 0 Å². The summed E-state index contributed by atoms with van der Waals surface area (Å²) in [6.07, 6.45) is 1.72. The summed E-state index contributed by atoms with van der Waals surface area (Å²) in [5.41, 5.74) is 1.87. The third-order valence-corrected chi connectivity index (χ3v) is 5.83. The van der Waals surface area contributed by atoms with E-state index in [1.165, 1.54) is 6.92 Å². The van der Waals surface area contributed by atoms with E-state index in [0.717, 1.165) is 16.1 Å². The van der Waals surface area contributed by atoms with Crippen molar-refractivity contribution >= 4 is 33.2 Å². The number of nitrogens with one attached hydrogen (secondary N) is 2. The summed E-state index contributed by atoms with van der Waals surface area (Å²) in [6, 6.07) is 12.5. The van der Waals surface area contributed by atoms with Gasteiger partial charge in [0.15, 0.2) is 0 Å². The van der Waals surface area contributed by atoms with Crippen molar-refractivity contribution in [2.45, 2.75) is 26.3 Å². The summed E-state index contributed by atoms with van der Waals surface area (Å²) in [4.78, 5) is 25.5. The van der Waals surface area contributed by atoms with Crippen molar-refractivity contribution in [3.63, 3.8) is 0 Å². The molecule has 0 spiro atoms. The largest absolute Gasteiger partial charge is 0.385 e. The van der Waals surface area contributed by atoms with E-state index in [-0.39, 0.29) is 5.91 Å². The number of nitrogens with zero attached hydrogens (tertiary/aromatic N) is 1. The Labute approximate surface area is 183 Å². The number of aryl methyl sites for hydroxylation is 1. The summed E-state index contributed by atoms with van der Waals surface area (Å²) in [5, 5.41) is 5.48. The molecule has 0 aliphatic rings. The zero-order valence-electron chi connectivity index (χ0n) is 18.2. The molecule has 0 bridgehead atoms. The average molecular weight is 448 g/mol. The van der Waals surface area contributed by atoms with Crippen LogP contribution in [-0.4, -0.2) is 52.8 Å². The molecule has 31 heavy (non-hydrogen) atoms. The van der Waals surface area contributed by atoms with Gasteiger partial charge in [0.05, 0.1) is 23.2 Å². The first-order chi connectivity index (χ1) is 14.6. The second-order valence-electron chi connectivity index (χ2n) is 7.21. The second kappa shape index (κ2) is 10.9. The van der Waals surface area contributed by atoms with Gasteiger partial charge in [-0.15, -0.1) is 0 Å². The molecular formula is C22H29N3O5S. The van der Waals surface area contributed by atoms with Gasteiger partial charge in [0.2, 0.25) is 15.9 Å². The van der Waals surface area contributed by atoms with Crippen LogP contribution in [0.1, 0.15) is 29.3 Å². The van der Waals surface area contributed by atoms with Gasteiger partial charge in [-0.3, -0.25) is 13.9 Å². The van der Waals surface area contributed by atoms with E-state index in [2.05, 4.69) is 10.6 Å². The van der Waals surface area contributed by atoms with Gasteiger partial charge < -0.3 is 15.4 Å². The van der Waals surface area contributed by atoms with E-state index < -0.39 is 22.0 Å². The summed E-state index contributed by atoms with van der Waals surface area (Å²) >= 11 is 0. The Morgan fingerprint density at radius 2 is 1.84 bits per heavy atom.